The standard InChI is InChI=1S/C9H17NO4S2/c1-9(2,3)14-8(13)10-4-5-15-16-6-7(11)12/h4-6H2,1-3H3,(H,10,13)(H,11,12). The van der Waals surface area contributed by atoms with Crippen molar-refractivity contribution in [3.05, 3.63) is 0 Å². The number of ether oxygens (including phenoxy) is 1. The van der Waals surface area contributed by atoms with E-state index in [1.54, 1.807) is 20.8 Å². The van der Waals surface area contributed by atoms with Crippen LogP contribution in [0.15, 0.2) is 0 Å². The van der Waals surface area contributed by atoms with Crippen molar-refractivity contribution in [1.29, 1.82) is 0 Å². The minimum Gasteiger partial charge on any atom is -0.481 e. The van der Waals surface area contributed by atoms with Crippen molar-refractivity contribution in [1.82, 2.24) is 5.32 Å². The van der Waals surface area contributed by atoms with E-state index in [1.807, 2.05) is 0 Å². The smallest absolute Gasteiger partial charge is 0.407 e. The molecule has 0 fully saturated rings. The van der Waals surface area contributed by atoms with Crippen LogP contribution in [0.1, 0.15) is 20.8 Å². The molecular weight excluding hydrogens is 250 g/mol. The molecule has 0 rings (SSSR count). The number of amides is 1. The summed E-state index contributed by atoms with van der Waals surface area (Å²) in [7, 11) is 2.66. The molecule has 0 aliphatic carbocycles. The molecule has 0 atom stereocenters. The van der Waals surface area contributed by atoms with Gasteiger partial charge in [-0.2, -0.15) is 0 Å². The first kappa shape index (κ1) is 15.4. The molecule has 0 saturated carbocycles. The van der Waals surface area contributed by atoms with Crippen LogP contribution in [0.3, 0.4) is 0 Å². The molecule has 0 aromatic heterocycles. The van der Waals surface area contributed by atoms with Gasteiger partial charge in [-0.15, -0.1) is 0 Å². The van der Waals surface area contributed by atoms with E-state index in [0.717, 1.165) is 0 Å². The van der Waals surface area contributed by atoms with Crippen LogP contribution < -0.4 is 5.32 Å². The van der Waals surface area contributed by atoms with Crippen LogP contribution in [-0.2, 0) is 9.53 Å². The highest BCUT2D eigenvalue weighted by Gasteiger charge is 2.15. The van der Waals surface area contributed by atoms with Crippen LogP contribution in [0.2, 0.25) is 0 Å². The largest absolute Gasteiger partial charge is 0.481 e. The minimum atomic E-state index is -0.836. The molecule has 0 aliphatic rings. The van der Waals surface area contributed by atoms with Crippen LogP contribution in [0, 0.1) is 0 Å². The zero-order chi connectivity index (χ0) is 12.6. The Bertz CT molecular complexity index is 240. The third-order valence-corrected chi connectivity index (χ3v) is 3.38. The molecule has 16 heavy (non-hydrogen) atoms. The van der Waals surface area contributed by atoms with Crippen molar-refractivity contribution in [2.24, 2.45) is 0 Å². The van der Waals surface area contributed by atoms with Crippen LogP contribution in [-0.4, -0.2) is 40.8 Å². The maximum Gasteiger partial charge on any atom is 0.407 e. The summed E-state index contributed by atoms with van der Waals surface area (Å²) < 4.78 is 5.02. The van der Waals surface area contributed by atoms with Crippen LogP contribution in [0.4, 0.5) is 4.79 Å². The van der Waals surface area contributed by atoms with Crippen molar-refractivity contribution in [3.63, 3.8) is 0 Å². The molecule has 1 amide bonds. The Kier molecular flexibility index (Phi) is 7.40. The van der Waals surface area contributed by atoms with Crippen LogP contribution >= 0.6 is 21.6 Å². The summed E-state index contributed by atoms with van der Waals surface area (Å²) in [6, 6.07) is 0. The van der Waals surface area contributed by atoms with Crippen LogP contribution in [0.5, 0.6) is 0 Å². The van der Waals surface area contributed by atoms with Gasteiger partial charge < -0.3 is 15.2 Å². The van der Waals surface area contributed by atoms with Gasteiger partial charge in [-0.3, -0.25) is 4.79 Å². The Morgan fingerprint density at radius 2 is 1.94 bits per heavy atom. The highest BCUT2D eigenvalue weighted by molar-refractivity contribution is 8.76. The average Bonchev–Trinajstić information content (AvgIpc) is 2.07. The SMILES string of the molecule is CC(C)(C)OC(=O)NCCSSCC(=O)O. The second-order valence-corrected chi connectivity index (χ2v) is 6.49. The molecular formula is C9H17NO4S2. The van der Waals surface area contributed by atoms with Gasteiger partial charge in [0, 0.05) is 12.3 Å². The number of carbonyl (C=O) groups is 2. The summed E-state index contributed by atoms with van der Waals surface area (Å²) in [4.78, 5) is 21.3. The van der Waals surface area contributed by atoms with E-state index in [0.29, 0.717) is 12.3 Å². The highest BCUT2D eigenvalue weighted by atomic mass is 33.1. The molecule has 2 N–H and O–H groups in total. The molecule has 0 saturated heterocycles. The summed E-state index contributed by atoms with van der Waals surface area (Å²) in [5.74, 6) is -0.119. The highest BCUT2D eigenvalue weighted by Crippen LogP contribution is 2.19. The topological polar surface area (TPSA) is 75.6 Å². The molecule has 5 nitrogen and oxygen atoms in total. The van der Waals surface area contributed by atoms with E-state index in [-0.39, 0.29) is 5.75 Å². The Labute approximate surface area is 103 Å². The molecule has 0 radical (unpaired) electrons. The number of hydrogen-bond acceptors (Lipinski definition) is 5. The number of hydrogen-bond donors (Lipinski definition) is 2. The third-order valence-electron chi connectivity index (χ3n) is 1.12. The molecule has 7 heteroatoms. The van der Waals surface area contributed by atoms with Gasteiger partial charge >= 0.3 is 12.1 Å². The van der Waals surface area contributed by atoms with Crippen molar-refractivity contribution in [2.75, 3.05) is 18.1 Å². The van der Waals surface area contributed by atoms with Gasteiger partial charge in [0.05, 0.1) is 0 Å². The van der Waals surface area contributed by atoms with Crippen molar-refractivity contribution >= 4 is 33.7 Å². The lowest BCUT2D eigenvalue weighted by molar-refractivity contribution is -0.133. The van der Waals surface area contributed by atoms with Crippen molar-refractivity contribution in [3.8, 4) is 0 Å². The number of aliphatic carboxylic acids is 1. The number of carboxylic acid groups (broad SMARTS) is 1. The zero-order valence-corrected chi connectivity index (χ0v) is 11.2. The summed E-state index contributed by atoms with van der Waals surface area (Å²) >= 11 is 0. The molecule has 0 unspecified atom stereocenters. The second kappa shape index (κ2) is 7.67. The molecule has 0 spiro atoms. The fourth-order valence-electron chi connectivity index (χ4n) is 0.660. The normalized spacial score (nSPS) is 10.9. The number of nitrogens with one attached hydrogen (secondary N) is 1. The lowest BCUT2D eigenvalue weighted by Gasteiger charge is -2.19. The molecule has 0 aliphatic heterocycles. The Morgan fingerprint density at radius 3 is 2.44 bits per heavy atom. The number of carbonyl (C=O) groups excluding carboxylic acids is 1. The van der Waals surface area contributed by atoms with Gasteiger partial charge in [0.1, 0.15) is 11.4 Å². The Morgan fingerprint density at radius 1 is 1.31 bits per heavy atom. The Hall–Kier alpha value is -0.560. The molecule has 0 heterocycles. The number of carboxylic acids is 1. The summed E-state index contributed by atoms with van der Waals surface area (Å²) in [5.41, 5.74) is -0.491. The first-order valence-corrected chi connectivity index (χ1v) is 7.23. The predicted molar refractivity (Wildman–Crippen MR) is 66.8 cm³/mol. The summed E-state index contributed by atoms with van der Waals surface area (Å²) in [6.45, 7) is 5.85. The minimum absolute atomic E-state index is 0.0666. The monoisotopic (exact) mass is 267 g/mol. The van der Waals surface area contributed by atoms with Crippen molar-refractivity contribution < 1.29 is 19.4 Å². The maximum absolute atomic E-state index is 11.2. The van der Waals surface area contributed by atoms with Gasteiger partial charge in [-0.1, -0.05) is 21.6 Å². The van der Waals surface area contributed by atoms with E-state index in [4.69, 9.17) is 9.84 Å². The van der Waals surface area contributed by atoms with E-state index in [9.17, 15) is 9.59 Å². The predicted octanol–water partition coefficient (Wildman–Crippen LogP) is 1.98. The van der Waals surface area contributed by atoms with E-state index in [2.05, 4.69) is 5.32 Å². The molecule has 0 aromatic carbocycles. The van der Waals surface area contributed by atoms with E-state index < -0.39 is 17.7 Å². The molecule has 0 bridgehead atoms. The van der Waals surface area contributed by atoms with Crippen molar-refractivity contribution in [2.45, 2.75) is 26.4 Å². The number of rotatable bonds is 6. The van der Waals surface area contributed by atoms with Gasteiger partial charge in [-0.05, 0) is 20.8 Å². The van der Waals surface area contributed by atoms with Gasteiger partial charge in [0.2, 0.25) is 0 Å². The fraction of sp³-hybridized carbons (Fsp3) is 0.778. The summed E-state index contributed by atoms with van der Waals surface area (Å²) in [5, 5.41) is 10.9. The fourth-order valence-corrected chi connectivity index (χ4v) is 2.30. The Balaban J connectivity index is 3.38. The first-order valence-electron chi connectivity index (χ1n) is 4.74. The molecule has 0 aromatic rings. The van der Waals surface area contributed by atoms with E-state index in [1.165, 1.54) is 21.6 Å². The third kappa shape index (κ3) is 11.5. The average molecular weight is 267 g/mol. The summed E-state index contributed by atoms with van der Waals surface area (Å²) in [6.07, 6.45) is -0.448. The van der Waals surface area contributed by atoms with Gasteiger partial charge in [-0.25, -0.2) is 4.79 Å². The van der Waals surface area contributed by atoms with Crippen LogP contribution in [0.25, 0.3) is 0 Å². The van der Waals surface area contributed by atoms with Gasteiger partial charge in [0.15, 0.2) is 0 Å². The second-order valence-electron chi connectivity index (χ2n) is 3.91. The maximum atomic E-state index is 11.2. The number of alkyl carbamates (subject to hydrolysis) is 1. The molecule has 94 valence electrons. The lowest BCUT2D eigenvalue weighted by Crippen LogP contribution is -2.33. The zero-order valence-electron chi connectivity index (χ0n) is 9.61. The van der Waals surface area contributed by atoms with E-state index >= 15 is 0 Å². The van der Waals surface area contributed by atoms with Gasteiger partial charge in [0.25, 0.3) is 0 Å². The lowest BCUT2D eigenvalue weighted by atomic mass is 10.2. The quantitative estimate of drug-likeness (QED) is 0.566. The first-order chi connectivity index (χ1) is 7.31.